The highest BCUT2D eigenvalue weighted by Gasteiger charge is 2.27. The van der Waals surface area contributed by atoms with Crippen LogP contribution in [0.1, 0.15) is 52.5 Å². The zero-order valence-corrected chi connectivity index (χ0v) is 10.9. The number of hydrogen-bond acceptors (Lipinski definition) is 3. The number of rotatable bonds is 3. The van der Waals surface area contributed by atoms with Crippen molar-refractivity contribution in [3.8, 4) is 0 Å². The molecule has 18 heavy (non-hydrogen) atoms. The molecule has 1 aromatic rings. The molecular weight excluding hydrogens is 228 g/mol. The number of aryl methyl sites for hydroxylation is 1. The summed E-state index contributed by atoms with van der Waals surface area (Å²) in [6.45, 7) is 2.09. The van der Waals surface area contributed by atoms with Crippen molar-refractivity contribution in [2.75, 3.05) is 7.11 Å². The van der Waals surface area contributed by atoms with E-state index < -0.39 is 0 Å². The Hall–Kier alpha value is -1.64. The van der Waals surface area contributed by atoms with E-state index in [-0.39, 0.29) is 17.7 Å². The van der Waals surface area contributed by atoms with Crippen LogP contribution in [0.2, 0.25) is 0 Å². The van der Waals surface area contributed by atoms with Crippen LogP contribution in [0.15, 0.2) is 18.2 Å². The molecule has 96 valence electrons. The molecule has 0 aromatic heterocycles. The summed E-state index contributed by atoms with van der Waals surface area (Å²) < 4.78 is 4.69. The Morgan fingerprint density at radius 1 is 1.44 bits per heavy atom. The number of benzene rings is 1. The SMILES string of the molecule is CCCC1CCc2ccc(C(=O)OC)cc2C1=O. The van der Waals surface area contributed by atoms with E-state index in [4.69, 9.17) is 0 Å². The number of ketones is 1. The summed E-state index contributed by atoms with van der Waals surface area (Å²) in [6.07, 6.45) is 3.80. The van der Waals surface area contributed by atoms with Crippen molar-refractivity contribution in [3.63, 3.8) is 0 Å². The molecule has 0 aliphatic heterocycles. The molecule has 1 aliphatic carbocycles. The predicted molar refractivity (Wildman–Crippen MR) is 68.8 cm³/mol. The standard InChI is InChI=1S/C15H18O3/c1-3-4-11-7-5-10-6-8-12(15(17)18-2)9-13(10)14(11)16/h6,8-9,11H,3-5,7H2,1-2H3. The van der Waals surface area contributed by atoms with Gasteiger partial charge in [-0.05, 0) is 37.0 Å². The largest absolute Gasteiger partial charge is 0.465 e. The van der Waals surface area contributed by atoms with E-state index in [0.717, 1.165) is 31.2 Å². The summed E-state index contributed by atoms with van der Waals surface area (Å²) in [7, 11) is 1.35. The molecular formula is C15H18O3. The van der Waals surface area contributed by atoms with Crippen LogP contribution in [0.3, 0.4) is 0 Å². The van der Waals surface area contributed by atoms with Crippen molar-refractivity contribution in [3.05, 3.63) is 34.9 Å². The molecule has 2 rings (SSSR count). The highest BCUT2D eigenvalue weighted by atomic mass is 16.5. The van der Waals surface area contributed by atoms with Crippen LogP contribution in [-0.2, 0) is 11.2 Å². The minimum atomic E-state index is -0.386. The van der Waals surface area contributed by atoms with Gasteiger partial charge >= 0.3 is 5.97 Å². The van der Waals surface area contributed by atoms with Crippen LogP contribution in [0.5, 0.6) is 0 Å². The highest BCUT2D eigenvalue weighted by molar-refractivity contribution is 6.02. The van der Waals surface area contributed by atoms with Crippen LogP contribution >= 0.6 is 0 Å². The second-order valence-corrected chi connectivity index (χ2v) is 4.75. The molecule has 0 heterocycles. The van der Waals surface area contributed by atoms with Gasteiger partial charge in [0.1, 0.15) is 0 Å². The fraction of sp³-hybridized carbons (Fsp3) is 0.467. The minimum absolute atomic E-state index is 0.121. The van der Waals surface area contributed by atoms with Crippen molar-refractivity contribution in [2.24, 2.45) is 5.92 Å². The number of hydrogen-bond donors (Lipinski definition) is 0. The third-order valence-corrected chi connectivity index (χ3v) is 3.57. The maximum Gasteiger partial charge on any atom is 0.337 e. The second kappa shape index (κ2) is 5.34. The van der Waals surface area contributed by atoms with Gasteiger partial charge in [-0.3, -0.25) is 4.79 Å². The first-order chi connectivity index (χ1) is 8.67. The summed E-state index contributed by atoms with van der Waals surface area (Å²) in [6, 6.07) is 5.30. The molecule has 1 atom stereocenters. The van der Waals surface area contributed by atoms with Gasteiger partial charge in [-0.1, -0.05) is 19.4 Å². The molecule has 1 unspecified atom stereocenters. The quantitative estimate of drug-likeness (QED) is 0.770. The molecule has 1 aliphatic rings. The summed E-state index contributed by atoms with van der Waals surface area (Å²) in [5.74, 6) is -0.0811. The lowest BCUT2D eigenvalue weighted by Gasteiger charge is -2.23. The molecule has 1 aromatic carbocycles. The van der Waals surface area contributed by atoms with E-state index in [0.29, 0.717) is 11.1 Å². The van der Waals surface area contributed by atoms with Crippen LogP contribution in [0.25, 0.3) is 0 Å². The zero-order chi connectivity index (χ0) is 13.1. The number of carbonyl (C=O) groups is 2. The molecule has 0 fully saturated rings. The number of esters is 1. The second-order valence-electron chi connectivity index (χ2n) is 4.75. The van der Waals surface area contributed by atoms with Crippen molar-refractivity contribution < 1.29 is 14.3 Å². The Bertz CT molecular complexity index is 477. The molecule has 0 bridgehead atoms. The van der Waals surface area contributed by atoms with Gasteiger partial charge in [0.05, 0.1) is 12.7 Å². The van der Waals surface area contributed by atoms with Gasteiger partial charge in [-0.15, -0.1) is 0 Å². The van der Waals surface area contributed by atoms with E-state index in [1.807, 2.05) is 6.07 Å². The minimum Gasteiger partial charge on any atom is -0.465 e. The van der Waals surface area contributed by atoms with Gasteiger partial charge in [0, 0.05) is 11.5 Å². The lowest BCUT2D eigenvalue weighted by Crippen LogP contribution is -2.23. The number of ether oxygens (including phenoxy) is 1. The van der Waals surface area contributed by atoms with E-state index in [1.165, 1.54) is 7.11 Å². The van der Waals surface area contributed by atoms with Crippen LogP contribution in [-0.4, -0.2) is 18.9 Å². The first kappa shape index (κ1) is 12.8. The van der Waals surface area contributed by atoms with Crippen molar-refractivity contribution in [2.45, 2.75) is 32.6 Å². The van der Waals surface area contributed by atoms with Crippen LogP contribution in [0.4, 0.5) is 0 Å². The van der Waals surface area contributed by atoms with Crippen molar-refractivity contribution in [1.82, 2.24) is 0 Å². The molecule has 3 heteroatoms. The lowest BCUT2D eigenvalue weighted by atomic mass is 9.80. The zero-order valence-electron chi connectivity index (χ0n) is 10.9. The fourth-order valence-corrected chi connectivity index (χ4v) is 2.57. The predicted octanol–water partition coefficient (Wildman–Crippen LogP) is 3.02. The first-order valence-corrected chi connectivity index (χ1v) is 6.42. The first-order valence-electron chi connectivity index (χ1n) is 6.42. The summed E-state index contributed by atoms with van der Waals surface area (Å²) >= 11 is 0. The van der Waals surface area contributed by atoms with Crippen molar-refractivity contribution >= 4 is 11.8 Å². The summed E-state index contributed by atoms with van der Waals surface area (Å²) in [5, 5.41) is 0. The maximum absolute atomic E-state index is 12.3. The molecule has 3 nitrogen and oxygen atoms in total. The number of fused-ring (bicyclic) bond motifs is 1. The third-order valence-electron chi connectivity index (χ3n) is 3.57. The third kappa shape index (κ3) is 2.30. The molecule has 0 spiro atoms. The monoisotopic (exact) mass is 246 g/mol. The van der Waals surface area contributed by atoms with Crippen molar-refractivity contribution in [1.29, 1.82) is 0 Å². The smallest absolute Gasteiger partial charge is 0.337 e. The molecule has 0 radical (unpaired) electrons. The molecule has 0 saturated heterocycles. The van der Waals surface area contributed by atoms with E-state index in [9.17, 15) is 9.59 Å². The Labute approximate surface area is 107 Å². The normalized spacial score (nSPS) is 18.3. The molecule has 0 N–H and O–H groups in total. The van der Waals surface area contributed by atoms with E-state index in [2.05, 4.69) is 11.7 Å². The van der Waals surface area contributed by atoms with Gasteiger partial charge in [-0.2, -0.15) is 0 Å². The Kier molecular flexibility index (Phi) is 3.80. The van der Waals surface area contributed by atoms with Gasteiger partial charge < -0.3 is 4.74 Å². The average molecular weight is 246 g/mol. The number of carbonyl (C=O) groups excluding carboxylic acids is 2. The molecule has 0 saturated carbocycles. The van der Waals surface area contributed by atoms with Crippen LogP contribution < -0.4 is 0 Å². The maximum atomic E-state index is 12.3. The highest BCUT2D eigenvalue weighted by Crippen LogP contribution is 2.29. The van der Waals surface area contributed by atoms with Gasteiger partial charge in [0.15, 0.2) is 5.78 Å². The summed E-state index contributed by atoms with van der Waals surface area (Å²) in [4.78, 5) is 23.8. The number of methoxy groups -OCH3 is 1. The lowest BCUT2D eigenvalue weighted by molar-refractivity contribution is 0.0600. The van der Waals surface area contributed by atoms with Gasteiger partial charge in [0.2, 0.25) is 0 Å². The molecule has 0 amide bonds. The Morgan fingerprint density at radius 2 is 2.22 bits per heavy atom. The summed E-state index contributed by atoms with van der Waals surface area (Å²) in [5.41, 5.74) is 2.23. The fourth-order valence-electron chi connectivity index (χ4n) is 2.57. The number of Topliss-reactive ketones (excluding diaryl/α,β-unsaturated/α-hetero) is 1. The Balaban J connectivity index is 2.33. The average Bonchev–Trinajstić information content (AvgIpc) is 2.41. The Morgan fingerprint density at radius 3 is 2.89 bits per heavy atom. The van der Waals surface area contributed by atoms with E-state index >= 15 is 0 Å². The van der Waals surface area contributed by atoms with Gasteiger partial charge in [-0.25, -0.2) is 4.79 Å². The van der Waals surface area contributed by atoms with E-state index in [1.54, 1.807) is 12.1 Å². The van der Waals surface area contributed by atoms with Crippen LogP contribution in [0, 0.1) is 5.92 Å². The van der Waals surface area contributed by atoms with Gasteiger partial charge in [0.25, 0.3) is 0 Å². The topological polar surface area (TPSA) is 43.4 Å².